The molecule has 0 atom stereocenters. The molecule has 6 heteroatoms. The average molecular weight is 231 g/mol. The van der Waals surface area contributed by atoms with Crippen LogP contribution in [0.25, 0.3) is 16.1 Å². The van der Waals surface area contributed by atoms with Gasteiger partial charge in [-0.25, -0.2) is 9.07 Å². The second-order valence-electron chi connectivity index (χ2n) is 3.66. The number of hydrogen-bond acceptors (Lipinski definition) is 2. The molecule has 0 saturated carbocycles. The van der Waals surface area contributed by atoms with E-state index < -0.39 is 5.82 Å². The Balaban J connectivity index is 2.53. The molecule has 0 bridgehead atoms. The fourth-order valence-corrected chi connectivity index (χ4v) is 1.65. The smallest absolute Gasteiger partial charge is 0.149 e. The van der Waals surface area contributed by atoms with E-state index >= 15 is 0 Å². The van der Waals surface area contributed by atoms with Crippen molar-refractivity contribution in [3.8, 4) is 5.69 Å². The van der Waals surface area contributed by atoms with E-state index in [1.54, 1.807) is 12.1 Å². The normalized spacial score (nSPS) is 10.1. The third-order valence-corrected chi connectivity index (χ3v) is 2.33. The summed E-state index contributed by atoms with van der Waals surface area (Å²) in [7, 11) is 0. The topological polar surface area (TPSA) is 66.6 Å². The first-order valence-electron chi connectivity index (χ1n) is 5.00. The minimum absolute atomic E-state index is 0.246. The van der Waals surface area contributed by atoms with Crippen molar-refractivity contribution < 1.29 is 4.39 Å². The van der Waals surface area contributed by atoms with Gasteiger partial charge in [-0.2, -0.15) is 5.10 Å². The number of benzene rings is 1. The van der Waals surface area contributed by atoms with E-state index in [9.17, 15) is 4.39 Å². The van der Waals surface area contributed by atoms with Crippen molar-refractivity contribution in [1.82, 2.24) is 9.78 Å². The maximum Gasteiger partial charge on any atom is 0.149 e. The Kier molecular flexibility index (Phi) is 2.80. The first kappa shape index (κ1) is 11.2. The van der Waals surface area contributed by atoms with Crippen LogP contribution >= 0.6 is 0 Å². The molecule has 0 aliphatic heterocycles. The summed E-state index contributed by atoms with van der Waals surface area (Å²) in [6.07, 6.45) is 0. The zero-order valence-electron chi connectivity index (χ0n) is 9.42. The molecular weight excluding hydrogens is 221 g/mol. The lowest BCUT2D eigenvalue weighted by Crippen LogP contribution is -2.01. The van der Waals surface area contributed by atoms with Gasteiger partial charge in [-0.15, -0.1) is 0 Å². The summed E-state index contributed by atoms with van der Waals surface area (Å²) in [6, 6.07) is 6.14. The standard InChI is InChI=1S/C11H10FN5/c1-7-5-8(2)17(15-7)11-4-3-9(14-16-13)6-10(11)12/h3-6H,1-2H3. The number of azide groups is 1. The van der Waals surface area contributed by atoms with Gasteiger partial charge >= 0.3 is 0 Å². The summed E-state index contributed by atoms with van der Waals surface area (Å²) in [4.78, 5) is 2.61. The Morgan fingerprint density at radius 3 is 2.65 bits per heavy atom. The molecule has 0 aliphatic rings. The zero-order valence-corrected chi connectivity index (χ0v) is 9.42. The van der Waals surface area contributed by atoms with E-state index in [1.807, 2.05) is 19.9 Å². The van der Waals surface area contributed by atoms with Crippen molar-refractivity contribution in [2.75, 3.05) is 0 Å². The summed E-state index contributed by atoms with van der Waals surface area (Å²) < 4.78 is 15.3. The molecule has 2 rings (SSSR count). The molecule has 0 amide bonds. The second-order valence-corrected chi connectivity index (χ2v) is 3.66. The first-order valence-corrected chi connectivity index (χ1v) is 5.00. The third-order valence-electron chi connectivity index (χ3n) is 2.33. The summed E-state index contributed by atoms with van der Waals surface area (Å²) in [6.45, 7) is 3.69. The minimum Gasteiger partial charge on any atom is -0.235 e. The van der Waals surface area contributed by atoms with Crippen LogP contribution in [-0.2, 0) is 0 Å². The van der Waals surface area contributed by atoms with Crippen molar-refractivity contribution in [3.63, 3.8) is 0 Å². The van der Waals surface area contributed by atoms with E-state index in [-0.39, 0.29) is 5.69 Å². The number of hydrogen-bond donors (Lipinski definition) is 0. The number of nitrogens with zero attached hydrogens (tertiary/aromatic N) is 5. The van der Waals surface area contributed by atoms with Gasteiger partial charge in [0.25, 0.3) is 0 Å². The average Bonchev–Trinajstić information content (AvgIpc) is 2.58. The largest absolute Gasteiger partial charge is 0.235 e. The SMILES string of the molecule is Cc1cc(C)n(-c2ccc(N=[N+]=[N-])cc2F)n1. The lowest BCUT2D eigenvalue weighted by molar-refractivity contribution is 0.608. The molecule has 5 nitrogen and oxygen atoms in total. The van der Waals surface area contributed by atoms with E-state index in [1.165, 1.54) is 10.7 Å². The van der Waals surface area contributed by atoms with Gasteiger partial charge in [0.1, 0.15) is 11.5 Å². The van der Waals surface area contributed by atoms with Crippen LogP contribution in [-0.4, -0.2) is 9.78 Å². The molecule has 0 fully saturated rings. The predicted octanol–water partition coefficient (Wildman–Crippen LogP) is 3.57. The quantitative estimate of drug-likeness (QED) is 0.442. The molecule has 0 radical (unpaired) electrons. The van der Waals surface area contributed by atoms with E-state index in [0.717, 1.165) is 11.4 Å². The van der Waals surface area contributed by atoms with Crippen LogP contribution in [0.15, 0.2) is 29.4 Å². The van der Waals surface area contributed by atoms with Crippen LogP contribution in [0, 0.1) is 19.7 Å². The van der Waals surface area contributed by atoms with Crippen molar-refractivity contribution in [1.29, 1.82) is 0 Å². The summed E-state index contributed by atoms with van der Waals surface area (Å²) in [5.74, 6) is -0.471. The zero-order chi connectivity index (χ0) is 12.4. The van der Waals surface area contributed by atoms with Crippen molar-refractivity contribution in [2.45, 2.75) is 13.8 Å². The fourth-order valence-electron chi connectivity index (χ4n) is 1.65. The summed E-state index contributed by atoms with van der Waals surface area (Å²) in [5.41, 5.74) is 10.5. The molecule has 1 heterocycles. The lowest BCUT2D eigenvalue weighted by Gasteiger charge is -2.06. The highest BCUT2D eigenvalue weighted by atomic mass is 19.1. The number of halogens is 1. The summed E-state index contributed by atoms with van der Waals surface area (Å²) in [5, 5.41) is 7.53. The van der Waals surface area contributed by atoms with Crippen molar-refractivity contribution >= 4 is 5.69 Å². The van der Waals surface area contributed by atoms with Crippen LogP contribution in [0.3, 0.4) is 0 Å². The predicted molar refractivity (Wildman–Crippen MR) is 61.8 cm³/mol. The molecule has 0 saturated heterocycles. The van der Waals surface area contributed by atoms with Crippen LogP contribution in [0.4, 0.5) is 10.1 Å². The Hall–Kier alpha value is -2.33. The molecule has 2 aromatic rings. The molecular formula is C11H10FN5. The lowest BCUT2D eigenvalue weighted by atomic mass is 10.2. The molecule has 1 aromatic carbocycles. The van der Waals surface area contributed by atoms with Crippen molar-refractivity contribution in [3.05, 3.63) is 51.9 Å². The molecule has 86 valence electrons. The minimum atomic E-state index is -0.471. The molecule has 17 heavy (non-hydrogen) atoms. The van der Waals surface area contributed by atoms with Gasteiger partial charge in [-0.1, -0.05) is 11.2 Å². The van der Waals surface area contributed by atoms with Gasteiger partial charge in [-0.3, -0.25) is 0 Å². The third kappa shape index (κ3) is 2.11. The number of rotatable bonds is 2. The maximum absolute atomic E-state index is 13.8. The number of aromatic nitrogens is 2. The van der Waals surface area contributed by atoms with Crippen LogP contribution < -0.4 is 0 Å². The molecule has 0 spiro atoms. The van der Waals surface area contributed by atoms with Crippen LogP contribution in [0.2, 0.25) is 0 Å². The van der Waals surface area contributed by atoms with Gasteiger partial charge in [0.15, 0.2) is 0 Å². The highest BCUT2D eigenvalue weighted by Gasteiger charge is 2.09. The van der Waals surface area contributed by atoms with Gasteiger partial charge < -0.3 is 0 Å². The highest BCUT2D eigenvalue weighted by Crippen LogP contribution is 2.21. The Labute approximate surface area is 97.1 Å². The molecule has 0 N–H and O–H groups in total. The van der Waals surface area contributed by atoms with E-state index in [2.05, 4.69) is 15.1 Å². The first-order chi connectivity index (χ1) is 8.11. The Bertz CT molecular complexity index is 610. The van der Waals surface area contributed by atoms with Crippen molar-refractivity contribution in [2.24, 2.45) is 5.11 Å². The number of aryl methyl sites for hydroxylation is 2. The second kappa shape index (κ2) is 4.27. The van der Waals surface area contributed by atoms with E-state index in [4.69, 9.17) is 5.53 Å². The van der Waals surface area contributed by atoms with Gasteiger partial charge in [-0.05, 0) is 37.6 Å². The Morgan fingerprint density at radius 2 is 2.12 bits per heavy atom. The van der Waals surface area contributed by atoms with Gasteiger partial charge in [0.2, 0.25) is 0 Å². The molecule has 1 aromatic heterocycles. The Morgan fingerprint density at radius 1 is 1.35 bits per heavy atom. The fraction of sp³-hybridized carbons (Fsp3) is 0.182. The van der Waals surface area contributed by atoms with E-state index in [0.29, 0.717) is 5.69 Å². The molecule has 0 unspecified atom stereocenters. The summed E-state index contributed by atoms with van der Waals surface area (Å²) >= 11 is 0. The monoisotopic (exact) mass is 231 g/mol. The maximum atomic E-state index is 13.8. The molecule has 0 aliphatic carbocycles. The van der Waals surface area contributed by atoms with Crippen LogP contribution in [0.5, 0.6) is 0 Å². The van der Waals surface area contributed by atoms with Gasteiger partial charge in [0.05, 0.1) is 5.69 Å². The highest BCUT2D eigenvalue weighted by molar-refractivity contribution is 5.46. The van der Waals surface area contributed by atoms with Gasteiger partial charge in [0, 0.05) is 16.3 Å². The van der Waals surface area contributed by atoms with Crippen LogP contribution in [0.1, 0.15) is 11.4 Å².